The largest absolute Gasteiger partial charge is 1.00 e. The van der Waals surface area contributed by atoms with Crippen LogP contribution in [-0.2, 0) is 0 Å². The van der Waals surface area contributed by atoms with E-state index in [0.717, 1.165) is 6.07 Å². The quantitative estimate of drug-likeness (QED) is 0.306. The summed E-state index contributed by atoms with van der Waals surface area (Å²) in [5, 5.41) is 32.3. The van der Waals surface area contributed by atoms with Crippen molar-refractivity contribution in [3.8, 4) is 11.4 Å². The number of hydrogen-bond donors (Lipinski definition) is 1. The van der Waals surface area contributed by atoms with Crippen molar-refractivity contribution in [2.75, 3.05) is 0 Å². The Balaban J connectivity index is 0.00000243. The molecule has 0 fully saturated rings. The normalized spacial score (nSPS) is 10.7. The molecule has 3 rings (SSSR count). The van der Waals surface area contributed by atoms with E-state index in [1.165, 1.54) is 16.8 Å². The minimum atomic E-state index is -0.634. The van der Waals surface area contributed by atoms with Crippen LogP contribution in [0.1, 0.15) is 5.69 Å². The van der Waals surface area contributed by atoms with E-state index in [0.29, 0.717) is 11.4 Å². The van der Waals surface area contributed by atoms with Crippen LogP contribution in [-0.4, -0.2) is 14.7 Å². The van der Waals surface area contributed by atoms with Crippen LogP contribution >= 0.6 is 0 Å². The van der Waals surface area contributed by atoms with Gasteiger partial charge < -0.3 is 14.9 Å². The molecule has 0 amide bonds. The zero-order valence-electron chi connectivity index (χ0n) is 14.0. The maximum atomic E-state index is 12.4. The number of non-ortho nitro benzene ring substituents is 1. The molecule has 0 aliphatic rings. The maximum absolute atomic E-state index is 12.4. The Hall–Kier alpha value is -2.75. The molecule has 1 N–H and O–H groups in total. The number of rotatable bonds is 4. The molecule has 9 nitrogen and oxygen atoms in total. The van der Waals surface area contributed by atoms with Gasteiger partial charge in [0.15, 0.2) is 0 Å². The van der Waals surface area contributed by atoms with E-state index in [4.69, 9.17) is 0 Å². The van der Waals surface area contributed by atoms with Crippen LogP contribution in [0.15, 0.2) is 63.6 Å². The number of benzene rings is 2. The number of nitrogens with zero attached hydrogens (tertiary/aromatic N) is 5. The van der Waals surface area contributed by atoms with Gasteiger partial charge >= 0.3 is 29.6 Å². The molecule has 26 heavy (non-hydrogen) atoms. The van der Waals surface area contributed by atoms with Gasteiger partial charge in [-0.3, -0.25) is 14.9 Å². The zero-order chi connectivity index (χ0) is 18.0. The topological polar surface area (TPSA) is 124 Å². The fourth-order valence-electron chi connectivity index (χ4n) is 2.17. The summed E-state index contributed by atoms with van der Waals surface area (Å²) in [5.41, 5.74) is 0.288. The van der Waals surface area contributed by atoms with Gasteiger partial charge in [0.1, 0.15) is 17.1 Å². The predicted octanol–water partition coefficient (Wildman–Crippen LogP) is 0.136. The summed E-state index contributed by atoms with van der Waals surface area (Å²) in [7, 11) is 0. The second kappa shape index (κ2) is 8.09. The Morgan fingerprint density at radius 2 is 1.85 bits per heavy atom. The molecular weight excluding hydrogens is 349 g/mol. The standard InChI is InChI=1S/C16H13N5O4.Na/c1-10-15(16(23)20(19-10)11-5-3-2-4-6-11)18-17-13-8-7-12(21(24)25)9-14(13)22;/h2-9H,1H3,(H2,17,18,19,22,23);/q;+1/p-1. The molecule has 0 aliphatic heterocycles. The van der Waals surface area contributed by atoms with E-state index in [1.54, 1.807) is 31.2 Å². The van der Waals surface area contributed by atoms with E-state index in [9.17, 15) is 20.0 Å². The number of aryl methyl sites for hydroxylation is 1. The molecule has 0 atom stereocenters. The molecule has 0 saturated heterocycles. The van der Waals surface area contributed by atoms with Crippen molar-refractivity contribution in [1.82, 2.24) is 9.78 Å². The molecule has 0 spiro atoms. The minimum absolute atomic E-state index is 0. The third kappa shape index (κ3) is 3.90. The monoisotopic (exact) mass is 361 g/mol. The van der Waals surface area contributed by atoms with Crippen molar-refractivity contribution in [3.05, 3.63) is 74.7 Å². The van der Waals surface area contributed by atoms with Crippen LogP contribution in [0.2, 0.25) is 0 Å². The van der Waals surface area contributed by atoms with Crippen LogP contribution < -0.4 is 40.2 Å². The van der Waals surface area contributed by atoms with Gasteiger partial charge in [-0.05, 0) is 18.2 Å². The summed E-state index contributed by atoms with van der Waals surface area (Å²) < 4.78 is 1.21. The van der Waals surface area contributed by atoms with Crippen LogP contribution in [0.5, 0.6) is 5.75 Å². The van der Waals surface area contributed by atoms with Gasteiger partial charge in [0.25, 0.3) is 11.2 Å². The summed E-state index contributed by atoms with van der Waals surface area (Å²) in [6, 6.07) is 12.2. The number of nitro groups is 1. The molecule has 126 valence electrons. The first-order valence-electron chi connectivity index (χ1n) is 7.18. The third-order valence-corrected chi connectivity index (χ3v) is 3.42. The van der Waals surface area contributed by atoms with Gasteiger partial charge in [-0.15, -0.1) is 15.9 Å². The molecule has 0 unspecified atom stereocenters. The van der Waals surface area contributed by atoms with E-state index in [1.807, 2.05) is 6.07 Å². The van der Waals surface area contributed by atoms with E-state index >= 15 is 0 Å². The molecule has 0 bridgehead atoms. The Kier molecular flexibility index (Phi) is 6.09. The fraction of sp³-hybridized carbons (Fsp3) is 0.0625. The van der Waals surface area contributed by atoms with Gasteiger partial charge in [0.2, 0.25) is 0 Å². The number of nitro benzene ring substituents is 1. The van der Waals surface area contributed by atoms with Crippen molar-refractivity contribution in [2.45, 2.75) is 6.92 Å². The van der Waals surface area contributed by atoms with Crippen LogP contribution in [0.25, 0.3) is 5.69 Å². The summed E-state index contributed by atoms with van der Waals surface area (Å²) in [4.78, 5) is 22.5. The van der Waals surface area contributed by atoms with E-state index in [-0.39, 0.29) is 46.6 Å². The van der Waals surface area contributed by atoms with Gasteiger partial charge in [0.05, 0.1) is 11.0 Å². The smallest absolute Gasteiger partial charge is 0.589 e. The number of para-hydroxylation sites is 1. The minimum Gasteiger partial charge on any atom is -0.589 e. The number of aromatic nitrogens is 2. The molecule has 10 heteroatoms. The number of aromatic hydroxyl groups is 1. The summed E-state index contributed by atoms with van der Waals surface area (Å²) >= 11 is 0. The van der Waals surface area contributed by atoms with Gasteiger partial charge in [-0.1, -0.05) is 25.1 Å². The first kappa shape index (κ1) is 19.6. The summed E-state index contributed by atoms with van der Waals surface area (Å²) in [5.74, 6) is -0.404. The van der Waals surface area contributed by atoms with E-state index < -0.39 is 16.2 Å². The second-order valence-corrected chi connectivity index (χ2v) is 5.12. The molecule has 0 aliphatic carbocycles. The second-order valence-electron chi connectivity index (χ2n) is 5.12. The average Bonchev–Trinajstić information content (AvgIpc) is 2.89. The van der Waals surface area contributed by atoms with Gasteiger partial charge in [0, 0.05) is 11.8 Å². The number of azo groups is 1. The first-order valence-corrected chi connectivity index (χ1v) is 7.18. The summed E-state index contributed by atoms with van der Waals surface area (Å²) in [6.07, 6.45) is 0. The van der Waals surface area contributed by atoms with Crippen molar-refractivity contribution < 1.29 is 39.6 Å². The SMILES string of the molecule is Cc1[n-]n(-c2ccccc2)c(=O)c1N=Nc1ccc([N+](=O)[O-])cc1O.[Na+]. The Morgan fingerprint density at radius 3 is 2.46 bits per heavy atom. The van der Waals surface area contributed by atoms with E-state index in [2.05, 4.69) is 15.3 Å². The Labute approximate surface area is 169 Å². The molecular formula is C16H12N5NaO4. The maximum Gasteiger partial charge on any atom is 1.00 e. The van der Waals surface area contributed by atoms with Gasteiger partial charge in [-0.25, -0.2) is 0 Å². The number of hydrogen-bond acceptors (Lipinski definition) is 6. The first-order chi connectivity index (χ1) is 12.0. The average molecular weight is 361 g/mol. The van der Waals surface area contributed by atoms with Crippen molar-refractivity contribution in [2.24, 2.45) is 10.2 Å². The molecule has 1 heterocycles. The Bertz CT molecular complexity index is 1030. The third-order valence-electron chi connectivity index (χ3n) is 3.42. The number of phenols is 1. The van der Waals surface area contributed by atoms with Crippen LogP contribution in [0.4, 0.5) is 17.1 Å². The van der Waals surface area contributed by atoms with Crippen molar-refractivity contribution >= 4 is 17.1 Å². The predicted molar refractivity (Wildman–Crippen MR) is 89.0 cm³/mol. The van der Waals surface area contributed by atoms with Crippen LogP contribution in [0, 0.1) is 17.0 Å². The molecule has 0 radical (unpaired) electrons. The molecule has 2 aromatic carbocycles. The van der Waals surface area contributed by atoms with Crippen molar-refractivity contribution in [1.29, 1.82) is 0 Å². The summed E-state index contributed by atoms with van der Waals surface area (Å²) in [6.45, 7) is 1.62. The number of phenolic OH excluding ortho intramolecular Hbond substituents is 1. The fourth-order valence-corrected chi connectivity index (χ4v) is 2.17. The van der Waals surface area contributed by atoms with Crippen LogP contribution in [0.3, 0.4) is 0 Å². The zero-order valence-corrected chi connectivity index (χ0v) is 16.0. The molecule has 0 saturated carbocycles. The Morgan fingerprint density at radius 1 is 1.15 bits per heavy atom. The van der Waals surface area contributed by atoms with Crippen molar-refractivity contribution in [3.63, 3.8) is 0 Å². The van der Waals surface area contributed by atoms with Gasteiger partial charge in [-0.2, -0.15) is 0 Å². The molecule has 1 aromatic heterocycles. The molecule has 3 aromatic rings.